The third-order valence-electron chi connectivity index (χ3n) is 20.9. The number of aryl methyl sites for hydroxylation is 4. The molecule has 17 heterocycles. The number of hydrogen-bond acceptors (Lipinski definition) is 25. The molecule has 660 valence electrons. The van der Waals surface area contributed by atoms with Crippen LogP contribution in [0.25, 0.3) is 77.5 Å². The first-order valence-electron chi connectivity index (χ1n) is 40.7. The molecule has 1 unspecified atom stereocenters. The summed E-state index contributed by atoms with van der Waals surface area (Å²) >= 11 is 2.37. The number of anilines is 4. The van der Waals surface area contributed by atoms with Crippen molar-refractivity contribution in [2.45, 2.75) is 139 Å². The van der Waals surface area contributed by atoms with Crippen LogP contribution in [0.1, 0.15) is 55.9 Å². The highest BCUT2D eigenvalue weighted by atomic mass is 127. The van der Waals surface area contributed by atoms with E-state index in [-0.39, 0.29) is 42.4 Å². The third kappa shape index (κ3) is 25.6. The van der Waals surface area contributed by atoms with Crippen LogP contribution in [0.15, 0.2) is 99.7 Å². The minimum absolute atomic E-state index is 0. The van der Waals surface area contributed by atoms with E-state index in [9.17, 15) is 5.11 Å². The maximum absolute atomic E-state index is 9.65. The van der Waals surface area contributed by atoms with Gasteiger partial charge in [-0.05, 0) is 95.0 Å². The van der Waals surface area contributed by atoms with Crippen LogP contribution in [-0.4, -0.2) is 256 Å². The van der Waals surface area contributed by atoms with Gasteiger partial charge in [-0.15, -0.1) is 18.3 Å². The van der Waals surface area contributed by atoms with Crippen LogP contribution in [0.3, 0.4) is 0 Å². The Labute approximate surface area is 742 Å². The number of H-pyrrole nitrogens is 1. The molecule has 33 nitrogen and oxygen atoms in total. The molecular formula is C85H123BIN24O9PSi2. The van der Waals surface area contributed by atoms with Crippen LogP contribution in [0.4, 0.5) is 23.3 Å². The van der Waals surface area contributed by atoms with Gasteiger partial charge in [-0.1, -0.05) is 52.6 Å². The minimum atomic E-state index is -1.11. The number of aliphatic hydroxyl groups is 1. The van der Waals surface area contributed by atoms with Gasteiger partial charge in [0.1, 0.15) is 91.4 Å². The Balaban J connectivity index is 0.000000171. The van der Waals surface area contributed by atoms with E-state index in [0.29, 0.717) is 39.9 Å². The Kier molecular flexibility index (Phi) is 35.9. The lowest BCUT2D eigenvalue weighted by molar-refractivity contribution is 0.00578. The molecule has 5 aliphatic rings. The number of nitrogens with zero attached hydrogens (tertiary/aromatic N) is 23. The Bertz CT molecular complexity index is 5500. The number of rotatable bonds is 19. The molecular weight excluding hydrogens is 1730 g/mol. The van der Waals surface area contributed by atoms with Gasteiger partial charge < -0.3 is 81.1 Å². The van der Waals surface area contributed by atoms with Crippen LogP contribution in [0.5, 0.6) is 0 Å². The smallest absolute Gasteiger partial charge is 0.399 e. The van der Waals surface area contributed by atoms with Gasteiger partial charge in [0.05, 0.1) is 104 Å². The normalized spacial score (nSPS) is 15.4. The summed E-state index contributed by atoms with van der Waals surface area (Å²) in [6.45, 7) is 42.7. The van der Waals surface area contributed by atoms with E-state index in [4.69, 9.17) is 44.2 Å². The lowest BCUT2D eigenvalue weighted by Crippen LogP contribution is -2.41. The maximum Gasteiger partial charge on any atom is 0.498 e. The second-order valence-electron chi connectivity index (χ2n) is 32.8. The lowest BCUT2D eigenvalue weighted by atomic mass is 9.82. The summed E-state index contributed by atoms with van der Waals surface area (Å²) in [6, 6.07) is 2.33. The fourth-order valence-electron chi connectivity index (χ4n) is 13.6. The van der Waals surface area contributed by atoms with Gasteiger partial charge in [0.2, 0.25) is 0 Å². The molecule has 5 aliphatic heterocycles. The second-order valence-corrected chi connectivity index (χ2v) is 45.2. The van der Waals surface area contributed by atoms with Crippen molar-refractivity contribution in [3.05, 3.63) is 103 Å². The van der Waals surface area contributed by atoms with Crippen LogP contribution < -0.4 is 25.1 Å². The Morgan fingerprint density at radius 3 is 1.20 bits per heavy atom. The second kappa shape index (κ2) is 45.4. The Morgan fingerprint density at radius 1 is 0.480 bits per heavy atom. The van der Waals surface area contributed by atoms with Crippen molar-refractivity contribution in [3.63, 3.8) is 0 Å². The number of ether oxygens (including phenoxy) is 6. The molecule has 12 aromatic heterocycles. The summed E-state index contributed by atoms with van der Waals surface area (Å²) in [5, 5.41) is 30.8. The highest BCUT2D eigenvalue weighted by Crippen LogP contribution is 2.40. The molecule has 0 amide bonds. The predicted octanol–water partition coefficient (Wildman–Crippen LogP) is 11.1. The monoisotopic (exact) mass is 1850 g/mol. The number of aromatic amines is 1. The number of morpholine rings is 4. The third-order valence-corrected chi connectivity index (χ3v) is 25.1. The van der Waals surface area contributed by atoms with Gasteiger partial charge in [0.25, 0.3) is 0 Å². The molecule has 17 rings (SSSR count). The van der Waals surface area contributed by atoms with E-state index in [1.54, 1.807) is 57.0 Å². The quantitative estimate of drug-likeness (QED) is 0.0250. The summed E-state index contributed by atoms with van der Waals surface area (Å²) in [6.07, 6.45) is 34.5. The molecule has 0 aliphatic carbocycles. The Hall–Kier alpha value is -9.50. The molecule has 0 radical (unpaired) electrons. The van der Waals surface area contributed by atoms with Crippen LogP contribution in [0, 0.1) is 39.6 Å². The molecule has 5 saturated heterocycles. The van der Waals surface area contributed by atoms with E-state index in [1.807, 2.05) is 130 Å². The zero-order chi connectivity index (χ0) is 86.4. The van der Waals surface area contributed by atoms with Gasteiger partial charge >= 0.3 is 7.12 Å². The van der Waals surface area contributed by atoms with Crippen LogP contribution >= 0.6 is 32.5 Å². The van der Waals surface area contributed by atoms with Crippen LogP contribution in [-0.2, 0) is 86.1 Å². The molecule has 5 fully saturated rings. The number of terminal acetylenes is 1. The van der Waals surface area contributed by atoms with Gasteiger partial charge in [-0.3, -0.25) is 18.7 Å². The molecule has 0 spiro atoms. The number of nitrogens with one attached hydrogen (secondary N) is 1. The van der Waals surface area contributed by atoms with E-state index in [1.165, 1.54) is 9.61 Å². The maximum atomic E-state index is 9.65. The summed E-state index contributed by atoms with van der Waals surface area (Å²) in [5.41, 5.74) is 10.1. The standard InChI is InChI=1S/C20H30N6O2Si.C16H25IN4O2Si.C15H18N6O2.C14H16N6O.C10H17BN2O2.C5H4.C4H6.CH4.H3P/c1-24-12-16(11-23-24)17-13-26(15-28-9-10-29(2,3)4)20-18(17)19(21-14-22-20)25-5-7-27-8-6-25;1-24(2,3)9-8-23-12-21-10-13(17)14-15(18-11-19-16(14)21)20-4-6-22-7-5-20;1-19-7-11(6-18-19)12-8-21(10-22)15-13(12)14(16-9-17-15)20-2-4-23-5-3-20;1-19-8-10(6-18-19)11-7-15-13-12(11)14(17-9-16-13)20-2-4-21-5-3-20;1-9(2)10(3,4)15-11(14-9)8-6-12-13(5)7-8;1-3-5-4-2;1-3-4-2;;/h11-14H,5-10,15H2,1-4H3;10-11H,4-9,12H2,1-3H3;6-9,22H,2-5,10H2,1H3;6-9H,2-5H2,1H3,(H,15,16,17);6-7H,1-5H3;1H,2H3;1-2H3;1H4;1H3. The van der Waals surface area contributed by atoms with Gasteiger partial charge in [-0.2, -0.15) is 30.3 Å². The molecule has 123 heavy (non-hydrogen) atoms. The van der Waals surface area contributed by atoms with Crippen molar-refractivity contribution in [1.82, 2.24) is 97.7 Å². The molecule has 0 saturated carbocycles. The van der Waals surface area contributed by atoms with E-state index in [0.717, 1.165) is 204 Å². The van der Waals surface area contributed by atoms with Crippen molar-refractivity contribution in [1.29, 1.82) is 0 Å². The zero-order valence-corrected chi connectivity index (χ0v) is 79.3. The number of fused-ring (bicyclic) bond motifs is 4. The first-order valence-corrected chi connectivity index (χ1v) is 49.2. The predicted molar refractivity (Wildman–Crippen MR) is 507 cm³/mol. The molecule has 0 bridgehead atoms. The summed E-state index contributed by atoms with van der Waals surface area (Å²) in [4.78, 5) is 48.3. The number of halogens is 1. The van der Waals surface area contributed by atoms with Crippen molar-refractivity contribution in [3.8, 4) is 69.4 Å². The number of aromatic nitrogens is 20. The largest absolute Gasteiger partial charge is 0.498 e. The fourth-order valence-corrected chi connectivity index (χ4v) is 16.0. The van der Waals surface area contributed by atoms with Gasteiger partial charge in [0.15, 0.2) is 0 Å². The number of aliphatic hydroxyl groups excluding tert-OH is 1. The lowest BCUT2D eigenvalue weighted by Gasteiger charge is -2.32. The highest BCUT2D eigenvalue weighted by molar-refractivity contribution is 14.1. The molecule has 12 aromatic rings. The zero-order valence-electron chi connectivity index (χ0n) is 73.7. The SMILES string of the molecule is C.C#CC#CC.CC#CC.C[Si](C)(C)CCOCn1cc(I)c2c(N3CCOCC3)ncnc21.Cn1cc(-c2c[nH]c3ncnc(N4CCOCC4)c23)cn1.Cn1cc(-c2cn(CO)c3ncnc(N4CCOCC4)c23)cn1.Cn1cc(-c2cn(COCC[Si](C)(C)C)c3ncnc(N4CCOCC4)c23)cn1.Cn1cc(B2OC(C)(C)C(C)(C)O2)cn1.P. The van der Waals surface area contributed by atoms with E-state index >= 15 is 0 Å². The first-order chi connectivity index (χ1) is 58.1. The molecule has 1 atom stereocenters. The summed E-state index contributed by atoms with van der Waals surface area (Å²) < 4.78 is 59.7. The average Bonchev–Trinajstić information content (AvgIpc) is 1.62. The molecule has 0 aromatic carbocycles. The van der Waals surface area contributed by atoms with Crippen molar-refractivity contribution >= 4 is 129 Å². The summed E-state index contributed by atoms with van der Waals surface area (Å²) in [5.74, 6) is 16.2. The van der Waals surface area contributed by atoms with E-state index < -0.39 is 16.1 Å². The Morgan fingerprint density at radius 2 is 0.837 bits per heavy atom. The number of hydrogen-bond donors (Lipinski definition) is 2. The van der Waals surface area contributed by atoms with Crippen molar-refractivity contribution in [2.24, 2.45) is 28.2 Å². The van der Waals surface area contributed by atoms with Gasteiger partial charge in [-0.25, -0.2) is 39.9 Å². The topological polar surface area (TPSA) is 312 Å². The minimum Gasteiger partial charge on any atom is -0.399 e. The molecule has 38 heteroatoms. The molecule has 2 N–H and O–H groups in total. The van der Waals surface area contributed by atoms with E-state index in [2.05, 4.69) is 198 Å². The van der Waals surface area contributed by atoms with Crippen LogP contribution in [0.2, 0.25) is 51.4 Å². The van der Waals surface area contributed by atoms with Crippen molar-refractivity contribution < 1.29 is 42.8 Å². The highest BCUT2D eigenvalue weighted by Gasteiger charge is 2.52. The summed E-state index contributed by atoms with van der Waals surface area (Å²) in [7, 11) is 5.14. The average molecular weight is 1850 g/mol. The van der Waals surface area contributed by atoms with Gasteiger partial charge in [0, 0.05) is 208 Å². The van der Waals surface area contributed by atoms with Crippen molar-refractivity contribution in [2.75, 3.05) is 138 Å². The first kappa shape index (κ1) is 97.3. The fraction of sp³-hybridized carbons (Fsp3) is 0.506.